The highest BCUT2D eigenvalue weighted by atomic mass is 19.2. The predicted octanol–water partition coefficient (Wildman–Crippen LogP) is 2.26. The summed E-state index contributed by atoms with van der Waals surface area (Å²) in [4.78, 5) is 3.96. The van der Waals surface area contributed by atoms with Crippen LogP contribution in [0.4, 0.5) is 8.78 Å². The van der Waals surface area contributed by atoms with Crippen molar-refractivity contribution in [2.24, 2.45) is 0 Å². The van der Waals surface area contributed by atoms with Gasteiger partial charge >= 0.3 is 0 Å². The quantitative estimate of drug-likeness (QED) is 0.735. The standard InChI is InChI=1S/C15H19F2N3O/c16-13-3-2-12(10-14(13)17)15(21)4-6-18-5-1-8-20-9-7-19-11-20/h2-3,7,9-11,15,18,21H,1,4-6,8H2. The highest BCUT2D eigenvalue weighted by Gasteiger charge is 2.10. The van der Waals surface area contributed by atoms with Crippen LogP contribution in [0.15, 0.2) is 36.9 Å². The molecule has 21 heavy (non-hydrogen) atoms. The second-order valence-electron chi connectivity index (χ2n) is 4.88. The van der Waals surface area contributed by atoms with Gasteiger partial charge in [-0.15, -0.1) is 0 Å². The normalized spacial score (nSPS) is 12.5. The third-order valence-electron chi connectivity index (χ3n) is 3.25. The van der Waals surface area contributed by atoms with Crippen molar-refractivity contribution in [1.82, 2.24) is 14.9 Å². The van der Waals surface area contributed by atoms with Gasteiger partial charge in [-0.2, -0.15) is 0 Å². The number of aromatic nitrogens is 2. The fraction of sp³-hybridized carbons (Fsp3) is 0.400. The molecule has 0 aliphatic rings. The summed E-state index contributed by atoms with van der Waals surface area (Å²) in [5.74, 6) is -1.83. The third kappa shape index (κ3) is 4.91. The minimum atomic E-state index is -0.931. The Labute approximate surface area is 122 Å². The maximum Gasteiger partial charge on any atom is 0.159 e. The minimum Gasteiger partial charge on any atom is -0.388 e. The summed E-state index contributed by atoms with van der Waals surface area (Å²) in [6, 6.07) is 3.48. The Morgan fingerprint density at radius 3 is 2.81 bits per heavy atom. The number of hydrogen-bond acceptors (Lipinski definition) is 3. The van der Waals surface area contributed by atoms with E-state index in [1.165, 1.54) is 6.07 Å². The summed E-state index contributed by atoms with van der Waals surface area (Å²) in [5.41, 5.74) is 0.397. The lowest BCUT2D eigenvalue weighted by molar-refractivity contribution is 0.166. The molecule has 2 rings (SSSR count). The molecule has 0 radical (unpaired) electrons. The maximum absolute atomic E-state index is 13.1. The number of hydrogen-bond donors (Lipinski definition) is 2. The SMILES string of the molecule is OC(CCNCCCn1ccnc1)c1ccc(F)c(F)c1. The van der Waals surface area contributed by atoms with Crippen molar-refractivity contribution in [1.29, 1.82) is 0 Å². The lowest BCUT2D eigenvalue weighted by Crippen LogP contribution is -2.20. The van der Waals surface area contributed by atoms with Gasteiger partial charge < -0.3 is 15.0 Å². The zero-order valence-electron chi connectivity index (χ0n) is 11.7. The van der Waals surface area contributed by atoms with Crippen LogP contribution in [0.2, 0.25) is 0 Å². The maximum atomic E-state index is 13.1. The van der Waals surface area contributed by atoms with Crippen molar-refractivity contribution in [2.75, 3.05) is 13.1 Å². The fourth-order valence-corrected chi connectivity index (χ4v) is 2.06. The molecule has 1 heterocycles. The minimum absolute atomic E-state index is 0.397. The Kier molecular flexibility index (Phi) is 5.83. The van der Waals surface area contributed by atoms with Crippen LogP contribution in [0.1, 0.15) is 24.5 Å². The van der Waals surface area contributed by atoms with Crippen LogP contribution in [0.25, 0.3) is 0 Å². The predicted molar refractivity (Wildman–Crippen MR) is 75.6 cm³/mol. The number of imidazole rings is 1. The number of benzene rings is 1. The van der Waals surface area contributed by atoms with Crippen molar-refractivity contribution in [2.45, 2.75) is 25.5 Å². The number of halogens is 2. The Morgan fingerprint density at radius 2 is 2.10 bits per heavy atom. The molecule has 0 fully saturated rings. The molecular weight excluding hydrogens is 276 g/mol. The molecule has 1 atom stereocenters. The molecule has 1 aromatic carbocycles. The van der Waals surface area contributed by atoms with Crippen LogP contribution >= 0.6 is 0 Å². The molecule has 0 amide bonds. The van der Waals surface area contributed by atoms with E-state index in [4.69, 9.17) is 0 Å². The average molecular weight is 295 g/mol. The van der Waals surface area contributed by atoms with Gasteiger partial charge in [-0.25, -0.2) is 13.8 Å². The second-order valence-corrected chi connectivity index (χ2v) is 4.88. The molecule has 0 saturated carbocycles. The van der Waals surface area contributed by atoms with E-state index in [0.717, 1.165) is 31.6 Å². The Hall–Kier alpha value is -1.79. The molecule has 0 bridgehead atoms. The molecule has 2 N–H and O–H groups in total. The van der Waals surface area contributed by atoms with Gasteiger partial charge in [-0.3, -0.25) is 0 Å². The largest absolute Gasteiger partial charge is 0.388 e. The van der Waals surface area contributed by atoms with E-state index in [9.17, 15) is 13.9 Å². The number of nitrogens with one attached hydrogen (secondary N) is 1. The molecule has 0 aliphatic carbocycles. The summed E-state index contributed by atoms with van der Waals surface area (Å²) in [6.45, 7) is 2.32. The average Bonchev–Trinajstić information content (AvgIpc) is 2.98. The summed E-state index contributed by atoms with van der Waals surface area (Å²) in [5, 5.41) is 13.1. The van der Waals surface area contributed by atoms with Crippen molar-refractivity contribution >= 4 is 0 Å². The molecule has 4 nitrogen and oxygen atoms in total. The highest BCUT2D eigenvalue weighted by molar-refractivity contribution is 5.19. The van der Waals surface area contributed by atoms with E-state index in [-0.39, 0.29) is 0 Å². The van der Waals surface area contributed by atoms with Gasteiger partial charge in [0.25, 0.3) is 0 Å². The topological polar surface area (TPSA) is 50.1 Å². The summed E-state index contributed by atoms with van der Waals surface area (Å²) < 4.78 is 27.8. The van der Waals surface area contributed by atoms with E-state index >= 15 is 0 Å². The van der Waals surface area contributed by atoms with E-state index in [2.05, 4.69) is 10.3 Å². The number of rotatable bonds is 8. The van der Waals surface area contributed by atoms with Crippen LogP contribution in [0.3, 0.4) is 0 Å². The van der Waals surface area contributed by atoms with Gasteiger partial charge in [0.05, 0.1) is 12.4 Å². The van der Waals surface area contributed by atoms with Crippen LogP contribution in [0, 0.1) is 11.6 Å². The molecular formula is C15H19F2N3O. The zero-order chi connectivity index (χ0) is 15.1. The molecule has 2 aromatic rings. The fourth-order valence-electron chi connectivity index (χ4n) is 2.06. The van der Waals surface area contributed by atoms with Crippen LogP contribution in [-0.4, -0.2) is 27.7 Å². The van der Waals surface area contributed by atoms with Crippen LogP contribution < -0.4 is 5.32 Å². The monoisotopic (exact) mass is 295 g/mol. The van der Waals surface area contributed by atoms with E-state index in [1.807, 2.05) is 10.8 Å². The zero-order valence-corrected chi connectivity index (χ0v) is 11.7. The molecule has 0 aliphatic heterocycles. The summed E-state index contributed by atoms with van der Waals surface area (Å²) >= 11 is 0. The van der Waals surface area contributed by atoms with Gasteiger partial charge in [-0.05, 0) is 43.6 Å². The number of nitrogens with zero attached hydrogens (tertiary/aromatic N) is 2. The first kappa shape index (κ1) is 15.6. The Morgan fingerprint density at radius 1 is 1.24 bits per heavy atom. The smallest absolute Gasteiger partial charge is 0.159 e. The summed E-state index contributed by atoms with van der Waals surface area (Å²) in [6.07, 6.45) is 6.04. The van der Waals surface area contributed by atoms with Crippen molar-refractivity contribution in [3.63, 3.8) is 0 Å². The molecule has 0 saturated heterocycles. The third-order valence-corrected chi connectivity index (χ3v) is 3.25. The summed E-state index contributed by atoms with van der Waals surface area (Å²) in [7, 11) is 0. The molecule has 6 heteroatoms. The lowest BCUT2D eigenvalue weighted by Gasteiger charge is -2.12. The number of aliphatic hydroxyl groups excluding tert-OH is 1. The van der Waals surface area contributed by atoms with E-state index < -0.39 is 17.7 Å². The Balaban J connectivity index is 1.62. The molecule has 1 unspecified atom stereocenters. The van der Waals surface area contributed by atoms with Crippen LogP contribution in [0.5, 0.6) is 0 Å². The van der Waals surface area contributed by atoms with Crippen molar-refractivity contribution in [3.05, 3.63) is 54.1 Å². The Bertz CT molecular complexity index is 546. The van der Waals surface area contributed by atoms with Crippen molar-refractivity contribution in [3.8, 4) is 0 Å². The first-order valence-electron chi connectivity index (χ1n) is 6.96. The second kappa shape index (κ2) is 7.85. The van der Waals surface area contributed by atoms with E-state index in [1.54, 1.807) is 12.5 Å². The lowest BCUT2D eigenvalue weighted by atomic mass is 10.1. The molecule has 1 aromatic heterocycles. The first-order valence-corrected chi connectivity index (χ1v) is 6.96. The van der Waals surface area contributed by atoms with E-state index in [0.29, 0.717) is 18.5 Å². The van der Waals surface area contributed by atoms with Gasteiger partial charge in [-0.1, -0.05) is 6.07 Å². The number of aliphatic hydroxyl groups is 1. The molecule has 0 spiro atoms. The molecule has 114 valence electrons. The van der Waals surface area contributed by atoms with Crippen molar-refractivity contribution < 1.29 is 13.9 Å². The van der Waals surface area contributed by atoms with Gasteiger partial charge in [0.2, 0.25) is 0 Å². The van der Waals surface area contributed by atoms with Gasteiger partial charge in [0.1, 0.15) is 0 Å². The highest BCUT2D eigenvalue weighted by Crippen LogP contribution is 2.18. The van der Waals surface area contributed by atoms with Gasteiger partial charge in [0.15, 0.2) is 11.6 Å². The first-order chi connectivity index (χ1) is 10.2. The van der Waals surface area contributed by atoms with Gasteiger partial charge in [0, 0.05) is 18.9 Å². The number of aryl methyl sites for hydroxylation is 1. The van der Waals surface area contributed by atoms with Crippen LogP contribution in [-0.2, 0) is 6.54 Å².